The molecule has 25 heavy (non-hydrogen) atoms. The molecule has 2 N–H and O–H groups in total. The van der Waals surface area contributed by atoms with Crippen molar-refractivity contribution in [2.75, 3.05) is 13.1 Å². The number of sulfonamides is 1. The number of aromatic nitrogens is 2. The summed E-state index contributed by atoms with van der Waals surface area (Å²) in [7, 11) is -3.91. The summed E-state index contributed by atoms with van der Waals surface area (Å²) in [6.45, 7) is 1.83. The fourth-order valence-electron chi connectivity index (χ4n) is 1.90. The van der Waals surface area contributed by atoms with E-state index in [0.717, 1.165) is 17.6 Å². The van der Waals surface area contributed by atoms with Crippen molar-refractivity contribution in [3.63, 3.8) is 0 Å². The van der Waals surface area contributed by atoms with Crippen LogP contribution in [-0.2, 0) is 16.4 Å². The molecule has 0 spiro atoms. The Labute approximate surface area is 147 Å². The van der Waals surface area contributed by atoms with Crippen molar-refractivity contribution in [3.05, 3.63) is 45.0 Å². The first kappa shape index (κ1) is 18.9. The maximum absolute atomic E-state index is 12.1. The quantitative estimate of drug-likeness (QED) is 0.387. The maximum Gasteiger partial charge on any atom is 0.270 e. The van der Waals surface area contributed by atoms with Crippen molar-refractivity contribution in [2.24, 2.45) is 0 Å². The second kappa shape index (κ2) is 8.09. The fraction of sp³-hybridized carbons (Fsp3) is 0.308. The highest BCUT2D eigenvalue weighted by molar-refractivity contribution is 7.89. The third-order valence-electron chi connectivity index (χ3n) is 3.14. The van der Waals surface area contributed by atoms with Crippen LogP contribution in [0.4, 0.5) is 5.69 Å². The Morgan fingerprint density at radius 1 is 1.36 bits per heavy atom. The molecule has 0 aliphatic rings. The van der Waals surface area contributed by atoms with Crippen LogP contribution in [0.3, 0.4) is 0 Å². The van der Waals surface area contributed by atoms with Crippen LogP contribution in [0.15, 0.2) is 29.2 Å². The van der Waals surface area contributed by atoms with Crippen LogP contribution >= 0.6 is 11.5 Å². The first-order chi connectivity index (χ1) is 11.8. The summed E-state index contributed by atoms with van der Waals surface area (Å²) in [6.07, 6.45) is 0.568. The summed E-state index contributed by atoms with van der Waals surface area (Å²) in [6, 6.07) is 4.72. The second-order valence-electron chi connectivity index (χ2n) is 4.81. The molecule has 0 radical (unpaired) electrons. The fourth-order valence-corrected chi connectivity index (χ4v) is 3.64. The van der Waals surface area contributed by atoms with Crippen LogP contribution < -0.4 is 10.0 Å². The Bertz CT molecular complexity index is 880. The van der Waals surface area contributed by atoms with Gasteiger partial charge in [-0.3, -0.25) is 14.9 Å². The van der Waals surface area contributed by atoms with E-state index in [2.05, 4.69) is 19.6 Å². The van der Waals surface area contributed by atoms with Gasteiger partial charge in [0.05, 0.1) is 15.5 Å². The Hall–Kier alpha value is -2.44. The van der Waals surface area contributed by atoms with Crippen molar-refractivity contribution in [2.45, 2.75) is 18.2 Å². The van der Waals surface area contributed by atoms with Crippen LogP contribution in [0.25, 0.3) is 0 Å². The van der Waals surface area contributed by atoms with Gasteiger partial charge >= 0.3 is 0 Å². The molecule has 10 nitrogen and oxygen atoms in total. The number of carbonyl (C=O) groups is 1. The predicted molar refractivity (Wildman–Crippen MR) is 89.9 cm³/mol. The van der Waals surface area contributed by atoms with Gasteiger partial charge in [-0.25, -0.2) is 13.1 Å². The summed E-state index contributed by atoms with van der Waals surface area (Å²) < 4.78 is 30.2. The van der Waals surface area contributed by atoms with Crippen molar-refractivity contribution < 1.29 is 18.1 Å². The molecule has 0 aliphatic heterocycles. The molecule has 0 atom stereocenters. The smallest absolute Gasteiger partial charge is 0.270 e. The molecule has 0 fully saturated rings. The number of non-ortho nitro benzene ring substituents is 1. The zero-order valence-corrected chi connectivity index (χ0v) is 14.8. The molecule has 0 aliphatic carbocycles. The van der Waals surface area contributed by atoms with Gasteiger partial charge in [-0.15, -0.1) is 5.10 Å². The van der Waals surface area contributed by atoms with Gasteiger partial charge < -0.3 is 5.32 Å². The molecule has 0 saturated carbocycles. The molecule has 2 rings (SSSR count). The maximum atomic E-state index is 12.1. The van der Waals surface area contributed by atoms with E-state index in [0.29, 0.717) is 17.0 Å². The van der Waals surface area contributed by atoms with Crippen molar-refractivity contribution >= 4 is 33.2 Å². The number of benzene rings is 1. The van der Waals surface area contributed by atoms with Crippen LogP contribution in [0, 0.1) is 10.1 Å². The molecule has 2 aromatic rings. The Morgan fingerprint density at radius 3 is 2.80 bits per heavy atom. The number of nitro benzene ring substituents is 1. The van der Waals surface area contributed by atoms with Crippen LogP contribution in [0.2, 0.25) is 0 Å². The van der Waals surface area contributed by atoms with Gasteiger partial charge in [-0.2, -0.15) is 0 Å². The van der Waals surface area contributed by atoms with Gasteiger partial charge in [0.15, 0.2) is 0 Å². The number of nitrogens with one attached hydrogen (secondary N) is 2. The summed E-state index contributed by atoms with van der Waals surface area (Å²) in [5, 5.41) is 17.1. The topological polar surface area (TPSA) is 144 Å². The molecule has 134 valence electrons. The van der Waals surface area contributed by atoms with Gasteiger partial charge in [0, 0.05) is 25.2 Å². The largest absolute Gasteiger partial charge is 0.350 e. The standard InChI is InChI=1S/C13H15N5O5S2/c1-2-11-12(24-17-16-11)13(19)14-6-7-15-25(22,23)10-5-3-4-9(8-10)18(20)21/h3-5,8,15H,2,6-7H2,1H3,(H,14,19). The number of rotatable bonds is 8. The number of carbonyl (C=O) groups excluding carboxylic acids is 1. The number of aryl methyl sites for hydroxylation is 1. The van der Waals surface area contributed by atoms with Crippen molar-refractivity contribution in [3.8, 4) is 0 Å². The zero-order chi connectivity index (χ0) is 18.4. The third-order valence-corrected chi connectivity index (χ3v) is 5.36. The van der Waals surface area contributed by atoms with E-state index in [1.54, 1.807) is 0 Å². The summed E-state index contributed by atoms with van der Waals surface area (Å²) in [4.78, 5) is 22.2. The molecular formula is C13H15N5O5S2. The second-order valence-corrected chi connectivity index (χ2v) is 7.33. The molecule has 0 bridgehead atoms. The molecule has 0 unspecified atom stereocenters. The highest BCUT2D eigenvalue weighted by Crippen LogP contribution is 2.17. The number of hydrogen-bond donors (Lipinski definition) is 2. The van der Waals surface area contributed by atoms with E-state index in [1.807, 2.05) is 6.92 Å². The van der Waals surface area contributed by atoms with Gasteiger partial charge in [0.1, 0.15) is 4.88 Å². The molecule has 12 heteroatoms. The lowest BCUT2D eigenvalue weighted by Crippen LogP contribution is -2.34. The van der Waals surface area contributed by atoms with Crippen LogP contribution in [0.1, 0.15) is 22.3 Å². The van der Waals surface area contributed by atoms with Gasteiger partial charge in [-0.05, 0) is 24.0 Å². The monoisotopic (exact) mass is 385 g/mol. The number of hydrogen-bond acceptors (Lipinski definition) is 8. The molecule has 1 amide bonds. The Morgan fingerprint density at radius 2 is 2.12 bits per heavy atom. The van der Waals surface area contributed by atoms with Gasteiger partial charge in [0.2, 0.25) is 10.0 Å². The first-order valence-electron chi connectivity index (χ1n) is 7.18. The van der Waals surface area contributed by atoms with E-state index in [-0.39, 0.29) is 29.6 Å². The molecule has 1 heterocycles. The lowest BCUT2D eigenvalue weighted by molar-refractivity contribution is -0.385. The van der Waals surface area contributed by atoms with Crippen molar-refractivity contribution in [1.82, 2.24) is 19.6 Å². The Kier molecular flexibility index (Phi) is 6.12. The average molecular weight is 385 g/mol. The predicted octanol–water partition coefficient (Wildman–Crippen LogP) is 0.717. The summed E-state index contributed by atoms with van der Waals surface area (Å²) in [5.41, 5.74) is 0.264. The van der Waals surface area contributed by atoms with E-state index in [4.69, 9.17) is 0 Å². The SMILES string of the molecule is CCc1nnsc1C(=O)NCCNS(=O)(=O)c1cccc([N+](=O)[O-])c1. The minimum absolute atomic E-state index is 0.0496. The van der Waals surface area contributed by atoms with E-state index in [9.17, 15) is 23.3 Å². The number of amides is 1. The van der Waals surface area contributed by atoms with E-state index in [1.165, 1.54) is 18.2 Å². The van der Waals surface area contributed by atoms with Crippen LogP contribution in [-0.4, -0.2) is 41.9 Å². The third kappa shape index (κ3) is 4.78. The highest BCUT2D eigenvalue weighted by atomic mass is 32.2. The van der Waals surface area contributed by atoms with Gasteiger partial charge in [0.25, 0.3) is 11.6 Å². The van der Waals surface area contributed by atoms with Crippen LogP contribution in [0.5, 0.6) is 0 Å². The number of nitro groups is 1. The van der Waals surface area contributed by atoms with Gasteiger partial charge in [-0.1, -0.05) is 17.5 Å². The molecule has 1 aromatic heterocycles. The summed E-state index contributed by atoms with van der Waals surface area (Å²) >= 11 is 0.971. The lowest BCUT2D eigenvalue weighted by Gasteiger charge is -2.07. The number of nitrogens with zero attached hydrogens (tertiary/aromatic N) is 3. The highest BCUT2D eigenvalue weighted by Gasteiger charge is 2.18. The lowest BCUT2D eigenvalue weighted by atomic mass is 10.3. The van der Waals surface area contributed by atoms with E-state index < -0.39 is 14.9 Å². The minimum atomic E-state index is -3.91. The van der Waals surface area contributed by atoms with E-state index >= 15 is 0 Å². The normalized spacial score (nSPS) is 11.2. The summed E-state index contributed by atoms with van der Waals surface area (Å²) in [5.74, 6) is -0.374. The molecule has 1 aromatic carbocycles. The van der Waals surface area contributed by atoms with Crippen molar-refractivity contribution in [1.29, 1.82) is 0 Å². The molecular weight excluding hydrogens is 370 g/mol. The molecule has 0 saturated heterocycles. The minimum Gasteiger partial charge on any atom is -0.350 e. The first-order valence-corrected chi connectivity index (χ1v) is 9.44. The average Bonchev–Trinajstić information content (AvgIpc) is 3.07. The Balaban J connectivity index is 1.91. The zero-order valence-electron chi connectivity index (χ0n) is 13.1.